The third-order valence-corrected chi connectivity index (χ3v) is 16.7. The smallest absolute Gasteiger partial charge is 0.249 e. The lowest BCUT2D eigenvalue weighted by molar-refractivity contribution is -0.150. The number of aliphatic hydroxyl groups excluding tert-OH is 1. The summed E-state index contributed by atoms with van der Waals surface area (Å²) in [6.45, 7) is 16.1. The molecule has 3 aromatic carbocycles. The van der Waals surface area contributed by atoms with Crippen molar-refractivity contribution in [2.45, 2.75) is 200 Å². The number of hydrogen-bond acceptors (Lipinski definition) is 13. The van der Waals surface area contributed by atoms with Gasteiger partial charge in [-0.3, -0.25) is 57.5 Å². The first-order chi connectivity index (χ1) is 43.8. The fourth-order valence-corrected chi connectivity index (χ4v) is 10.5. The van der Waals surface area contributed by atoms with Crippen LogP contribution in [-0.2, 0) is 76.8 Å². The summed E-state index contributed by atoms with van der Waals surface area (Å²) < 4.78 is 0. The fraction of sp³-hybridized carbons (Fsp3) is 0.559. The third-order valence-electron chi connectivity index (χ3n) is 16.7. The van der Waals surface area contributed by atoms with Crippen molar-refractivity contribution in [3.8, 4) is 0 Å². The Hall–Kier alpha value is -8.74. The monoisotopic (exact) mass is 1290 g/mol. The van der Waals surface area contributed by atoms with Crippen molar-refractivity contribution < 1.29 is 62.6 Å². The van der Waals surface area contributed by atoms with Gasteiger partial charge in [-0.05, 0) is 109 Å². The Morgan fingerprint density at radius 2 is 1.00 bits per heavy atom. The molecule has 0 aliphatic carbocycles. The largest absolute Gasteiger partial charge is 0.384 e. The number of carbonyl (C=O) groups excluding carboxylic acids is 12. The van der Waals surface area contributed by atoms with E-state index in [4.69, 9.17) is 0 Å². The molecule has 9 N–H and O–H groups in total. The maximum absolute atomic E-state index is 14.8. The average molecular weight is 1290 g/mol. The van der Waals surface area contributed by atoms with Crippen LogP contribution in [-0.4, -0.2) is 203 Å². The van der Waals surface area contributed by atoms with Crippen molar-refractivity contribution in [1.29, 1.82) is 0 Å². The summed E-state index contributed by atoms with van der Waals surface area (Å²) in [5.74, 6) is -8.69. The van der Waals surface area contributed by atoms with E-state index in [9.17, 15) is 62.6 Å². The SMILES string of the molecule is CC(C)CC[C@@H]1NC(=O)[C@@H](NC(=O)[C@H](Cc2ccccc2)NC(=O)C(C)O)CCCCNC(=O)[C@H](C)NC(=O)[C@H](Cc2ccccc2)NC(=O)[C@H](C)NC(=O)[C@H](C)N(C)C(=O)[C@H](Cc2ccccc2)N(C)C(=O)[C@H](C)NC(=O)[C@H](CC(C)C)N(C)C(=O)[C@H](C)N(C)C1=O. The van der Waals surface area contributed by atoms with Crippen molar-refractivity contribution in [2.24, 2.45) is 11.8 Å². The van der Waals surface area contributed by atoms with Gasteiger partial charge in [0.15, 0.2) is 0 Å². The molecular formula is C68H100N12O13. The Morgan fingerprint density at radius 3 is 1.56 bits per heavy atom. The van der Waals surface area contributed by atoms with Crippen molar-refractivity contribution in [3.05, 3.63) is 108 Å². The number of rotatable bonds is 15. The number of likely N-dealkylation sites (N-methyl/N-ethyl adjacent to an activating group) is 4. The van der Waals surface area contributed by atoms with Crippen LogP contribution in [0.2, 0.25) is 0 Å². The molecule has 3 aromatic rings. The number of nitrogens with one attached hydrogen (secondary N) is 8. The van der Waals surface area contributed by atoms with Crippen LogP contribution in [0.3, 0.4) is 0 Å². The number of hydrogen-bond donors (Lipinski definition) is 9. The molecule has 0 radical (unpaired) electrons. The zero-order chi connectivity index (χ0) is 69.4. The molecule has 1 aliphatic rings. The minimum absolute atomic E-state index is 0.0101. The summed E-state index contributed by atoms with van der Waals surface area (Å²) >= 11 is 0. The van der Waals surface area contributed by atoms with E-state index in [0.29, 0.717) is 23.1 Å². The predicted molar refractivity (Wildman–Crippen MR) is 351 cm³/mol. The number of nitrogens with zero attached hydrogens (tertiary/aromatic N) is 4. The van der Waals surface area contributed by atoms with Gasteiger partial charge < -0.3 is 67.2 Å². The van der Waals surface area contributed by atoms with E-state index >= 15 is 0 Å². The van der Waals surface area contributed by atoms with Crippen LogP contribution in [0.4, 0.5) is 0 Å². The van der Waals surface area contributed by atoms with Crippen molar-refractivity contribution in [3.63, 3.8) is 0 Å². The minimum atomic E-state index is -1.49. The summed E-state index contributed by atoms with van der Waals surface area (Å²) in [7, 11) is 5.60. The zero-order valence-electron chi connectivity index (χ0n) is 56.4. The lowest BCUT2D eigenvalue weighted by Crippen LogP contribution is -2.60. The van der Waals surface area contributed by atoms with E-state index in [2.05, 4.69) is 42.5 Å². The highest BCUT2D eigenvalue weighted by molar-refractivity contribution is 5.99. The molecule has 12 amide bonds. The number of amides is 12. The Morgan fingerprint density at radius 1 is 0.495 bits per heavy atom. The molecule has 12 atom stereocenters. The van der Waals surface area contributed by atoms with Crippen LogP contribution in [0.5, 0.6) is 0 Å². The second-order valence-electron chi connectivity index (χ2n) is 25.2. The lowest BCUT2D eigenvalue weighted by atomic mass is 9.99. The molecule has 1 saturated heterocycles. The second kappa shape index (κ2) is 37.1. The van der Waals surface area contributed by atoms with Crippen molar-refractivity contribution >= 4 is 70.9 Å². The van der Waals surface area contributed by atoms with E-state index in [1.807, 2.05) is 27.7 Å². The first-order valence-corrected chi connectivity index (χ1v) is 32.1. The summed E-state index contributed by atoms with van der Waals surface area (Å²) in [5, 5.41) is 31.9. The van der Waals surface area contributed by atoms with Gasteiger partial charge >= 0.3 is 0 Å². The van der Waals surface area contributed by atoms with Gasteiger partial charge in [0.1, 0.15) is 72.6 Å². The minimum Gasteiger partial charge on any atom is -0.384 e. The molecular weight excluding hydrogens is 1190 g/mol. The Balaban J connectivity index is 1.78. The summed E-state index contributed by atoms with van der Waals surface area (Å²) in [6, 6.07) is 12.7. The van der Waals surface area contributed by atoms with Gasteiger partial charge in [-0.1, -0.05) is 119 Å². The van der Waals surface area contributed by atoms with Crippen LogP contribution in [0.1, 0.15) is 124 Å². The molecule has 0 aromatic heterocycles. The quantitative estimate of drug-likeness (QED) is 0.105. The van der Waals surface area contributed by atoms with Gasteiger partial charge in [0, 0.05) is 54.0 Å². The van der Waals surface area contributed by atoms with E-state index in [1.54, 1.807) is 91.0 Å². The standard InChI is InChI=1S/C68H100N12O13/c1-40(2)33-34-52-67(92)78(12)46(9)66(91)79(13)55(36-41(3)4)64(89)72-44(7)65(90)80(14)56(39-50-30-22-17-23-31-50)68(93)77(11)45(8)59(84)70-43(6)58(83)75-53(37-48-26-18-15-19-27-48)62(87)71-42(5)57(82)69-35-25-24-32-51(61(86)74-52)73-63(88)54(76-60(85)47(10)81)38-49-28-20-16-21-29-49/h15-23,26-31,40-47,51-56,81H,24-25,32-39H2,1-14H3,(H,69,82)(H,70,84)(H,71,87)(H,72,89)(H,73,88)(H,74,86)(H,75,83)(H,76,85)/t42-,43-,44-,45-,46-,47?,51-,52-,53-,54-,55-,56-/m0/s1. The first kappa shape index (κ1) is 76.7. The van der Waals surface area contributed by atoms with Crippen molar-refractivity contribution in [2.75, 3.05) is 34.7 Å². The highest BCUT2D eigenvalue weighted by atomic mass is 16.3. The van der Waals surface area contributed by atoms with E-state index in [0.717, 1.165) is 4.90 Å². The fourth-order valence-electron chi connectivity index (χ4n) is 10.5. The predicted octanol–water partition coefficient (Wildman–Crippen LogP) is 1.68. The molecule has 0 saturated carbocycles. The normalized spacial score (nSPS) is 24.8. The van der Waals surface area contributed by atoms with E-state index in [-0.39, 0.29) is 69.7 Å². The first-order valence-electron chi connectivity index (χ1n) is 32.1. The van der Waals surface area contributed by atoms with Gasteiger partial charge in [-0.2, -0.15) is 0 Å². The van der Waals surface area contributed by atoms with Gasteiger partial charge in [0.05, 0.1) is 0 Å². The Kier molecular flexibility index (Phi) is 30.6. The molecule has 25 nitrogen and oxygen atoms in total. The molecule has 0 bridgehead atoms. The Bertz CT molecular complexity index is 3030. The molecule has 1 unspecified atom stereocenters. The molecule has 1 fully saturated rings. The second-order valence-corrected chi connectivity index (χ2v) is 25.2. The van der Waals surface area contributed by atoms with Crippen LogP contribution in [0.25, 0.3) is 0 Å². The zero-order valence-corrected chi connectivity index (χ0v) is 56.4. The van der Waals surface area contributed by atoms with Gasteiger partial charge in [0.2, 0.25) is 70.9 Å². The number of carbonyl (C=O) groups is 12. The number of benzene rings is 3. The average Bonchev–Trinajstić information content (AvgIpc) is 0.934. The molecule has 0 spiro atoms. The highest BCUT2D eigenvalue weighted by Crippen LogP contribution is 2.19. The molecule has 1 heterocycles. The molecule has 1 aliphatic heterocycles. The number of aliphatic hydroxyl groups is 1. The van der Waals surface area contributed by atoms with E-state index in [1.165, 1.54) is 84.4 Å². The molecule has 93 heavy (non-hydrogen) atoms. The molecule has 4 rings (SSSR count). The third kappa shape index (κ3) is 23.7. The lowest BCUT2D eigenvalue weighted by Gasteiger charge is -2.36. The Labute approximate surface area is 547 Å². The van der Waals surface area contributed by atoms with Crippen LogP contribution in [0, 0.1) is 11.8 Å². The summed E-state index contributed by atoms with van der Waals surface area (Å²) in [4.78, 5) is 176. The van der Waals surface area contributed by atoms with E-state index < -0.39 is 143 Å². The topological polar surface area (TPSA) is 334 Å². The van der Waals surface area contributed by atoms with Crippen LogP contribution in [0.15, 0.2) is 91.0 Å². The summed E-state index contributed by atoms with van der Waals surface area (Å²) in [5.41, 5.74) is 1.99. The van der Waals surface area contributed by atoms with Crippen LogP contribution < -0.4 is 42.5 Å². The van der Waals surface area contributed by atoms with Crippen LogP contribution >= 0.6 is 0 Å². The maximum Gasteiger partial charge on any atom is 0.249 e. The molecule has 25 heteroatoms. The highest BCUT2D eigenvalue weighted by Gasteiger charge is 2.40. The van der Waals surface area contributed by atoms with Crippen molar-refractivity contribution in [1.82, 2.24) is 62.1 Å². The van der Waals surface area contributed by atoms with Gasteiger partial charge in [-0.25, -0.2) is 0 Å². The summed E-state index contributed by atoms with van der Waals surface area (Å²) in [6.07, 6.45) is -0.495. The van der Waals surface area contributed by atoms with Gasteiger partial charge in [0.25, 0.3) is 0 Å². The maximum atomic E-state index is 14.8. The van der Waals surface area contributed by atoms with Gasteiger partial charge in [-0.15, -0.1) is 0 Å². The molecule has 510 valence electrons.